The standard InChI is InChI=1S/C13H15N3O/c1-2-3-8-16-12-9-6-4-5-7-10(9)13(17)11(12)14-15-16/h4-7,11-12H,2-3,8H2,1H3. The molecule has 2 aliphatic rings. The van der Waals surface area contributed by atoms with Crippen molar-refractivity contribution in [1.29, 1.82) is 0 Å². The summed E-state index contributed by atoms with van der Waals surface area (Å²) in [7, 11) is 0. The van der Waals surface area contributed by atoms with Crippen LogP contribution in [0.5, 0.6) is 0 Å². The maximum Gasteiger partial charge on any atom is 0.192 e. The molecule has 0 saturated heterocycles. The second-order valence-electron chi connectivity index (χ2n) is 4.56. The van der Waals surface area contributed by atoms with Gasteiger partial charge in [-0.05, 0) is 12.0 Å². The zero-order valence-corrected chi connectivity index (χ0v) is 9.84. The molecule has 2 atom stereocenters. The Morgan fingerprint density at radius 1 is 1.35 bits per heavy atom. The van der Waals surface area contributed by atoms with E-state index in [1.54, 1.807) is 0 Å². The lowest BCUT2D eigenvalue weighted by atomic mass is 10.1. The van der Waals surface area contributed by atoms with Gasteiger partial charge in [0.1, 0.15) is 6.04 Å². The maximum absolute atomic E-state index is 12.1. The molecule has 3 rings (SSSR count). The highest BCUT2D eigenvalue weighted by Crippen LogP contribution is 2.41. The minimum Gasteiger partial charge on any atom is -0.292 e. The van der Waals surface area contributed by atoms with E-state index in [4.69, 9.17) is 0 Å². The molecule has 0 amide bonds. The molecule has 4 nitrogen and oxygen atoms in total. The van der Waals surface area contributed by atoms with Crippen LogP contribution in [0.4, 0.5) is 0 Å². The van der Waals surface area contributed by atoms with Crippen LogP contribution in [-0.2, 0) is 0 Å². The van der Waals surface area contributed by atoms with Crippen molar-refractivity contribution in [2.45, 2.75) is 31.8 Å². The summed E-state index contributed by atoms with van der Waals surface area (Å²) in [6, 6.07) is 7.54. The average molecular weight is 229 g/mol. The Morgan fingerprint density at radius 3 is 3.00 bits per heavy atom. The first-order valence-corrected chi connectivity index (χ1v) is 6.13. The monoisotopic (exact) mass is 229 g/mol. The van der Waals surface area contributed by atoms with Crippen molar-refractivity contribution in [3.8, 4) is 0 Å². The second-order valence-corrected chi connectivity index (χ2v) is 4.56. The summed E-state index contributed by atoms with van der Waals surface area (Å²) in [6.07, 6.45) is 2.21. The highest BCUT2D eigenvalue weighted by Gasteiger charge is 2.46. The fraction of sp³-hybridized carbons (Fsp3) is 0.462. The van der Waals surface area contributed by atoms with Crippen LogP contribution < -0.4 is 0 Å². The molecule has 0 radical (unpaired) electrons. The number of benzene rings is 1. The Balaban J connectivity index is 1.93. The molecule has 1 aromatic carbocycles. The third-order valence-electron chi connectivity index (χ3n) is 3.47. The first-order chi connectivity index (χ1) is 8.33. The molecule has 0 bridgehead atoms. The summed E-state index contributed by atoms with van der Waals surface area (Å²) >= 11 is 0. The van der Waals surface area contributed by atoms with Crippen molar-refractivity contribution in [2.75, 3.05) is 6.54 Å². The van der Waals surface area contributed by atoms with Crippen LogP contribution in [-0.4, -0.2) is 23.4 Å². The van der Waals surface area contributed by atoms with Crippen LogP contribution in [0.15, 0.2) is 34.6 Å². The van der Waals surface area contributed by atoms with E-state index >= 15 is 0 Å². The minimum absolute atomic E-state index is 0.0465. The smallest absolute Gasteiger partial charge is 0.192 e. The second kappa shape index (κ2) is 3.95. The zero-order chi connectivity index (χ0) is 11.8. The number of hydrogen-bond donors (Lipinski definition) is 0. The zero-order valence-electron chi connectivity index (χ0n) is 9.84. The highest BCUT2D eigenvalue weighted by molar-refractivity contribution is 6.05. The molecule has 1 aliphatic heterocycles. The number of fused-ring (bicyclic) bond motifs is 3. The third-order valence-corrected chi connectivity index (χ3v) is 3.47. The Labute approximate surface area is 100 Å². The number of nitrogens with zero attached hydrogens (tertiary/aromatic N) is 3. The number of hydrogen-bond acceptors (Lipinski definition) is 4. The molecular weight excluding hydrogens is 214 g/mol. The summed E-state index contributed by atoms with van der Waals surface area (Å²) < 4.78 is 0. The summed E-state index contributed by atoms with van der Waals surface area (Å²) in [5.41, 5.74) is 1.91. The predicted molar refractivity (Wildman–Crippen MR) is 63.8 cm³/mol. The summed E-state index contributed by atoms with van der Waals surface area (Å²) in [6.45, 7) is 3.03. The number of carbonyl (C=O) groups excluding carboxylic acids is 1. The SMILES string of the molecule is CCCCN1N=NC2C(=O)c3ccccc3C21. The van der Waals surface area contributed by atoms with Gasteiger partial charge in [-0.15, -0.1) is 0 Å². The molecular formula is C13H15N3O. The Morgan fingerprint density at radius 2 is 2.18 bits per heavy atom. The van der Waals surface area contributed by atoms with Crippen LogP contribution in [0.3, 0.4) is 0 Å². The molecule has 2 unspecified atom stereocenters. The van der Waals surface area contributed by atoms with E-state index in [1.807, 2.05) is 29.3 Å². The topological polar surface area (TPSA) is 45.0 Å². The van der Waals surface area contributed by atoms with E-state index in [-0.39, 0.29) is 17.9 Å². The first kappa shape index (κ1) is 10.4. The molecule has 88 valence electrons. The van der Waals surface area contributed by atoms with Crippen molar-refractivity contribution in [3.63, 3.8) is 0 Å². The average Bonchev–Trinajstić information content (AvgIpc) is 2.89. The van der Waals surface area contributed by atoms with E-state index in [9.17, 15) is 4.79 Å². The predicted octanol–water partition coefficient (Wildman–Crippen LogP) is 2.78. The van der Waals surface area contributed by atoms with Crippen molar-refractivity contribution in [1.82, 2.24) is 5.01 Å². The fourth-order valence-electron chi connectivity index (χ4n) is 2.57. The van der Waals surface area contributed by atoms with Gasteiger partial charge in [-0.3, -0.25) is 9.80 Å². The molecule has 0 saturated carbocycles. The molecule has 4 heteroatoms. The normalized spacial score (nSPS) is 25.2. The Hall–Kier alpha value is -1.71. The quantitative estimate of drug-likeness (QED) is 0.800. The Bertz CT molecular complexity index is 483. The van der Waals surface area contributed by atoms with E-state index < -0.39 is 0 Å². The van der Waals surface area contributed by atoms with Crippen LogP contribution in [0.1, 0.15) is 41.7 Å². The number of Topliss-reactive ketones (excluding diaryl/α,β-unsaturated/α-hetero) is 1. The van der Waals surface area contributed by atoms with Crippen LogP contribution >= 0.6 is 0 Å². The molecule has 0 fully saturated rings. The fourth-order valence-corrected chi connectivity index (χ4v) is 2.57. The van der Waals surface area contributed by atoms with Crippen LogP contribution in [0.25, 0.3) is 0 Å². The van der Waals surface area contributed by atoms with Gasteiger partial charge < -0.3 is 0 Å². The van der Waals surface area contributed by atoms with Gasteiger partial charge in [-0.25, -0.2) is 0 Å². The van der Waals surface area contributed by atoms with Gasteiger partial charge >= 0.3 is 0 Å². The van der Waals surface area contributed by atoms with Gasteiger partial charge in [0.2, 0.25) is 0 Å². The van der Waals surface area contributed by atoms with Gasteiger partial charge in [0, 0.05) is 12.1 Å². The van der Waals surface area contributed by atoms with Gasteiger partial charge in [0.25, 0.3) is 0 Å². The molecule has 1 aliphatic carbocycles. The van der Waals surface area contributed by atoms with Gasteiger partial charge in [-0.2, -0.15) is 5.11 Å². The Kier molecular flexibility index (Phi) is 2.42. The summed E-state index contributed by atoms with van der Waals surface area (Å²) in [4.78, 5) is 12.1. The number of ketones is 1. The molecule has 0 N–H and O–H groups in total. The van der Waals surface area contributed by atoms with Gasteiger partial charge in [0.15, 0.2) is 11.8 Å². The van der Waals surface area contributed by atoms with Crippen molar-refractivity contribution >= 4 is 5.78 Å². The van der Waals surface area contributed by atoms with Crippen molar-refractivity contribution in [2.24, 2.45) is 10.3 Å². The number of rotatable bonds is 3. The summed E-state index contributed by atoms with van der Waals surface area (Å²) in [5, 5.41) is 10.2. The minimum atomic E-state index is -0.302. The lowest BCUT2D eigenvalue weighted by Gasteiger charge is -2.21. The van der Waals surface area contributed by atoms with Gasteiger partial charge in [-0.1, -0.05) is 42.8 Å². The maximum atomic E-state index is 12.1. The third kappa shape index (κ3) is 1.47. The molecule has 0 aromatic heterocycles. The molecule has 1 heterocycles. The van der Waals surface area contributed by atoms with Crippen molar-refractivity contribution in [3.05, 3.63) is 35.4 Å². The number of carbonyl (C=O) groups is 1. The van der Waals surface area contributed by atoms with Crippen LogP contribution in [0.2, 0.25) is 0 Å². The van der Waals surface area contributed by atoms with Gasteiger partial charge in [0.05, 0.1) is 0 Å². The number of unbranched alkanes of at least 4 members (excludes halogenated alkanes) is 1. The molecule has 0 spiro atoms. The van der Waals surface area contributed by atoms with E-state index in [2.05, 4.69) is 17.3 Å². The van der Waals surface area contributed by atoms with Crippen molar-refractivity contribution < 1.29 is 4.79 Å². The highest BCUT2D eigenvalue weighted by atomic mass is 16.1. The molecule has 1 aromatic rings. The van der Waals surface area contributed by atoms with E-state index in [1.165, 1.54) is 0 Å². The van der Waals surface area contributed by atoms with Crippen LogP contribution in [0, 0.1) is 0 Å². The largest absolute Gasteiger partial charge is 0.292 e. The lowest BCUT2D eigenvalue weighted by molar-refractivity contribution is 0.0954. The summed E-state index contributed by atoms with van der Waals surface area (Å²) in [5.74, 6) is 0.119. The van der Waals surface area contributed by atoms with E-state index in [0.717, 1.165) is 30.5 Å². The lowest BCUT2D eigenvalue weighted by Crippen LogP contribution is -2.26. The van der Waals surface area contributed by atoms with E-state index in [0.29, 0.717) is 0 Å². The molecule has 17 heavy (non-hydrogen) atoms. The first-order valence-electron chi connectivity index (χ1n) is 6.13.